The topological polar surface area (TPSA) is 52.3 Å². The van der Waals surface area contributed by atoms with Gasteiger partial charge in [0.2, 0.25) is 0 Å². The molecule has 0 aliphatic heterocycles. The summed E-state index contributed by atoms with van der Waals surface area (Å²) >= 11 is 0. The second kappa shape index (κ2) is 7.46. The number of carbonyl (C=O) groups is 1. The van der Waals surface area contributed by atoms with Crippen molar-refractivity contribution >= 4 is 5.97 Å². The Hall–Kier alpha value is -0.830. The molecule has 0 aromatic heterocycles. The second-order valence-corrected chi connectivity index (χ2v) is 4.55. The van der Waals surface area contributed by atoms with Crippen LogP contribution in [0.2, 0.25) is 0 Å². The van der Waals surface area contributed by atoms with E-state index in [2.05, 4.69) is 20.4 Å². The number of nitrogens with two attached hydrogens (primary N) is 1. The van der Waals surface area contributed by atoms with Gasteiger partial charge in [-0.3, -0.25) is 4.79 Å². The van der Waals surface area contributed by atoms with Crippen LogP contribution in [0.3, 0.4) is 0 Å². The summed E-state index contributed by atoms with van der Waals surface area (Å²) in [7, 11) is 0. The predicted octanol–water partition coefficient (Wildman–Crippen LogP) is 2.12. The highest BCUT2D eigenvalue weighted by molar-refractivity contribution is 5.69. The maximum Gasteiger partial charge on any atom is 0.306 e. The van der Waals surface area contributed by atoms with Crippen LogP contribution in [0.5, 0.6) is 0 Å². The zero-order chi connectivity index (χ0) is 11.8. The van der Waals surface area contributed by atoms with Crippen LogP contribution >= 0.6 is 0 Å². The van der Waals surface area contributed by atoms with Crippen molar-refractivity contribution in [3.05, 3.63) is 12.2 Å². The van der Waals surface area contributed by atoms with Crippen molar-refractivity contribution < 1.29 is 9.53 Å². The quantitative estimate of drug-likeness (QED) is 0.520. The lowest BCUT2D eigenvalue weighted by Gasteiger charge is -2.16. The van der Waals surface area contributed by atoms with Gasteiger partial charge in [0.25, 0.3) is 0 Å². The van der Waals surface area contributed by atoms with Gasteiger partial charge in [0.15, 0.2) is 0 Å². The third kappa shape index (κ3) is 8.18. The van der Waals surface area contributed by atoms with E-state index in [0.717, 1.165) is 12.0 Å². The Morgan fingerprint density at radius 1 is 1.47 bits per heavy atom. The maximum atomic E-state index is 11.4. The minimum Gasteiger partial charge on any atom is -0.461 e. The van der Waals surface area contributed by atoms with E-state index < -0.39 is 0 Å². The van der Waals surface area contributed by atoms with Crippen molar-refractivity contribution in [2.75, 3.05) is 13.2 Å². The molecule has 88 valence electrons. The lowest BCUT2D eigenvalue weighted by molar-refractivity contribution is -0.143. The van der Waals surface area contributed by atoms with Crippen LogP contribution in [0.15, 0.2) is 12.2 Å². The van der Waals surface area contributed by atoms with E-state index >= 15 is 0 Å². The van der Waals surface area contributed by atoms with Crippen LogP contribution in [-0.4, -0.2) is 19.1 Å². The van der Waals surface area contributed by atoms with Crippen molar-refractivity contribution in [1.82, 2.24) is 0 Å². The van der Waals surface area contributed by atoms with Gasteiger partial charge < -0.3 is 10.5 Å². The number of esters is 1. The molecule has 0 aromatic carbocycles. The Balaban J connectivity index is 3.85. The number of hydrogen-bond donors (Lipinski definition) is 1. The Morgan fingerprint density at radius 2 is 2.07 bits per heavy atom. The predicted molar refractivity (Wildman–Crippen MR) is 62.4 cm³/mol. The first-order valence-corrected chi connectivity index (χ1v) is 5.45. The average Bonchev–Trinajstić information content (AvgIpc) is 2.13. The fourth-order valence-electron chi connectivity index (χ4n) is 1.43. The van der Waals surface area contributed by atoms with Crippen molar-refractivity contribution in [2.24, 2.45) is 17.6 Å². The van der Waals surface area contributed by atoms with Crippen molar-refractivity contribution in [3.63, 3.8) is 0 Å². The van der Waals surface area contributed by atoms with E-state index in [0.29, 0.717) is 25.5 Å². The van der Waals surface area contributed by atoms with E-state index in [9.17, 15) is 4.79 Å². The lowest BCUT2D eigenvalue weighted by Crippen LogP contribution is -2.21. The van der Waals surface area contributed by atoms with E-state index in [4.69, 9.17) is 10.5 Å². The largest absolute Gasteiger partial charge is 0.461 e. The van der Waals surface area contributed by atoms with E-state index in [-0.39, 0.29) is 11.9 Å². The SMILES string of the molecule is C=C(C)COC(=O)C[C@@H](CN)CC(C)C. The molecule has 0 rings (SSSR count). The van der Waals surface area contributed by atoms with Crippen molar-refractivity contribution in [3.8, 4) is 0 Å². The summed E-state index contributed by atoms with van der Waals surface area (Å²) in [6.45, 7) is 10.6. The molecule has 0 radical (unpaired) electrons. The van der Waals surface area contributed by atoms with Gasteiger partial charge in [-0.25, -0.2) is 0 Å². The summed E-state index contributed by atoms with van der Waals surface area (Å²) in [5.41, 5.74) is 6.46. The van der Waals surface area contributed by atoms with Gasteiger partial charge in [-0.2, -0.15) is 0 Å². The van der Waals surface area contributed by atoms with Gasteiger partial charge in [-0.05, 0) is 37.3 Å². The van der Waals surface area contributed by atoms with Gasteiger partial charge in [0, 0.05) is 6.42 Å². The molecule has 0 fully saturated rings. The summed E-state index contributed by atoms with van der Waals surface area (Å²) < 4.78 is 5.02. The Labute approximate surface area is 92.7 Å². The molecule has 15 heavy (non-hydrogen) atoms. The normalized spacial score (nSPS) is 12.6. The molecule has 0 saturated heterocycles. The fourth-order valence-corrected chi connectivity index (χ4v) is 1.43. The number of rotatable bonds is 7. The summed E-state index contributed by atoms with van der Waals surface area (Å²) in [6, 6.07) is 0. The minimum absolute atomic E-state index is 0.172. The zero-order valence-electron chi connectivity index (χ0n) is 10.1. The molecule has 3 heteroatoms. The summed E-state index contributed by atoms with van der Waals surface area (Å²) in [6.07, 6.45) is 1.39. The highest BCUT2D eigenvalue weighted by Gasteiger charge is 2.14. The third-order valence-corrected chi connectivity index (χ3v) is 2.07. The molecule has 1 atom stereocenters. The molecule has 0 aliphatic rings. The highest BCUT2D eigenvalue weighted by atomic mass is 16.5. The molecular weight excluding hydrogens is 190 g/mol. The molecule has 0 aromatic rings. The third-order valence-electron chi connectivity index (χ3n) is 2.07. The van der Waals surface area contributed by atoms with E-state index in [1.54, 1.807) is 0 Å². The lowest BCUT2D eigenvalue weighted by atomic mass is 9.94. The van der Waals surface area contributed by atoms with E-state index in [1.807, 2.05) is 6.92 Å². The number of hydrogen-bond acceptors (Lipinski definition) is 3. The van der Waals surface area contributed by atoms with Crippen LogP contribution in [0, 0.1) is 11.8 Å². The second-order valence-electron chi connectivity index (χ2n) is 4.55. The molecule has 2 N–H and O–H groups in total. The van der Waals surface area contributed by atoms with Gasteiger partial charge in [0.1, 0.15) is 6.61 Å². The standard InChI is InChI=1S/C12H23NO2/c1-9(2)5-11(7-13)6-12(14)15-8-10(3)4/h9,11H,3,5-8,13H2,1-2,4H3/t11-/m0/s1. The first-order valence-electron chi connectivity index (χ1n) is 5.45. The number of carbonyl (C=O) groups excluding carboxylic acids is 1. The highest BCUT2D eigenvalue weighted by Crippen LogP contribution is 2.14. The van der Waals surface area contributed by atoms with Crippen LogP contribution in [0.25, 0.3) is 0 Å². The molecule has 0 amide bonds. The molecule has 0 aliphatic carbocycles. The summed E-state index contributed by atoms with van der Waals surface area (Å²) in [5, 5.41) is 0. The smallest absolute Gasteiger partial charge is 0.306 e. The van der Waals surface area contributed by atoms with Gasteiger partial charge in [0.05, 0.1) is 0 Å². The summed E-state index contributed by atoms with van der Waals surface area (Å²) in [4.78, 5) is 11.4. The monoisotopic (exact) mass is 213 g/mol. The maximum absolute atomic E-state index is 11.4. The van der Waals surface area contributed by atoms with Crippen LogP contribution < -0.4 is 5.73 Å². The first kappa shape index (κ1) is 14.2. The van der Waals surface area contributed by atoms with Crippen LogP contribution in [-0.2, 0) is 9.53 Å². The van der Waals surface area contributed by atoms with Crippen molar-refractivity contribution in [1.29, 1.82) is 0 Å². The minimum atomic E-state index is -0.172. The van der Waals surface area contributed by atoms with Crippen molar-refractivity contribution in [2.45, 2.75) is 33.6 Å². The van der Waals surface area contributed by atoms with Gasteiger partial charge in [-0.15, -0.1) is 0 Å². The number of ether oxygens (including phenoxy) is 1. The fraction of sp³-hybridized carbons (Fsp3) is 0.750. The first-order chi connectivity index (χ1) is 6.95. The van der Waals surface area contributed by atoms with Crippen LogP contribution in [0.4, 0.5) is 0 Å². The molecule has 0 heterocycles. The van der Waals surface area contributed by atoms with Gasteiger partial charge >= 0.3 is 5.97 Å². The molecule has 0 spiro atoms. The molecule has 0 unspecified atom stereocenters. The molecular formula is C12H23NO2. The Morgan fingerprint density at radius 3 is 2.47 bits per heavy atom. The Kier molecular flexibility index (Phi) is 7.05. The van der Waals surface area contributed by atoms with Gasteiger partial charge in [-0.1, -0.05) is 20.4 Å². The zero-order valence-corrected chi connectivity index (χ0v) is 10.1. The molecule has 3 nitrogen and oxygen atoms in total. The molecule has 0 saturated carbocycles. The molecule has 0 bridgehead atoms. The average molecular weight is 213 g/mol. The van der Waals surface area contributed by atoms with Crippen LogP contribution in [0.1, 0.15) is 33.6 Å². The Bertz CT molecular complexity index is 212. The summed E-state index contributed by atoms with van der Waals surface area (Å²) in [5.74, 6) is 0.629. The van der Waals surface area contributed by atoms with E-state index in [1.165, 1.54) is 0 Å².